The van der Waals surface area contributed by atoms with E-state index in [0.29, 0.717) is 11.6 Å². The summed E-state index contributed by atoms with van der Waals surface area (Å²) in [6.45, 7) is 5.82. The predicted octanol–water partition coefficient (Wildman–Crippen LogP) is 3.47. The van der Waals surface area contributed by atoms with Gasteiger partial charge in [0.2, 0.25) is 0 Å². The maximum Gasteiger partial charge on any atom is 0.317 e. The quantitative estimate of drug-likeness (QED) is 0.562. The average molecular weight is 458 g/mol. The molecule has 2 aromatic rings. The third-order valence-corrected chi connectivity index (χ3v) is 7.13. The molecule has 1 aromatic carbocycles. The second kappa shape index (κ2) is 10.2. The van der Waals surface area contributed by atoms with Crippen LogP contribution in [0.15, 0.2) is 24.3 Å². The van der Waals surface area contributed by atoms with Crippen LogP contribution in [0.25, 0.3) is 10.4 Å². The topological polar surface area (TPSA) is 114 Å². The summed E-state index contributed by atoms with van der Waals surface area (Å²) in [7, 11) is 0. The molecular formula is C23H31N5O3S. The fourth-order valence-electron chi connectivity index (χ4n) is 4.39. The number of rotatable bonds is 8. The Labute approximate surface area is 192 Å². The highest BCUT2D eigenvalue weighted by molar-refractivity contribution is 7.20. The third kappa shape index (κ3) is 5.34. The molecule has 3 amide bonds. The minimum atomic E-state index is -0.733. The number of hydrogen-bond acceptors (Lipinski definition) is 6. The lowest BCUT2D eigenvalue weighted by Gasteiger charge is -2.26. The van der Waals surface area contributed by atoms with E-state index in [2.05, 4.69) is 27.2 Å². The highest BCUT2D eigenvalue weighted by atomic mass is 32.1. The molecule has 8 nitrogen and oxygen atoms in total. The van der Waals surface area contributed by atoms with E-state index in [0.717, 1.165) is 54.6 Å². The van der Waals surface area contributed by atoms with Crippen LogP contribution in [0.3, 0.4) is 0 Å². The van der Waals surface area contributed by atoms with Gasteiger partial charge in [0.15, 0.2) is 0 Å². The van der Waals surface area contributed by atoms with Crippen LogP contribution in [-0.2, 0) is 0 Å². The maximum absolute atomic E-state index is 11.9. The van der Waals surface area contributed by atoms with E-state index in [1.165, 1.54) is 43.4 Å². The van der Waals surface area contributed by atoms with Crippen molar-refractivity contribution >= 4 is 34.0 Å². The number of amides is 3. The average Bonchev–Trinajstić information content (AvgIpc) is 3.44. The minimum Gasteiger partial charge on any atom is -0.491 e. The summed E-state index contributed by atoms with van der Waals surface area (Å²) >= 11 is 1.27. The summed E-state index contributed by atoms with van der Waals surface area (Å²) in [6, 6.07) is 7.16. The van der Waals surface area contributed by atoms with Crippen LogP contribution in [0.1, 0.15) is 42.5 Å². The molecule has 0 unspecified atom stereocenters. The van der Waals surface area contributed by atoms with E-state index < -0.39 is 11.9 Å². The van der Waals surface area contributed by atoms with Gasteiger partial charge in [-0.05, 0) is 57.0 Å². The van der Waals surface area contributed by atoms with Crippen molar-refractivity contribution in [3.8, 4) is 16.2 Å². The lowest BCUT2D eigenvalue weighted by molar-refractivity contribution is 0.100. The molecule has 2 fully saturated rings. The molecule has 0 saturated carbocycles. The van der Waals surface area contributed by atoms with Gasteiger partial charge in [-0.25, -0.2) is 4.79 Å². The predicted molar refractivity (Wildman–Crippen MR) is 129 cm³/mol. The van der Waals surface area contributed by atoms with E-state index in [4.69, 9.17) is 16.2 Å². The highest BCUT2D eigenvalue weighted by Gasteiger charge is 2.20. The van der Waals surface area contributed by atoms with Crippen LogP contribution in [0, 0.1) is 0 Å². The molecule has 5 N–H and O–H groups in total. The monoisotopic (exact) mass is 457 g/mol. The Morgan fingerprint density at radius 1 is 1.00 bits per heavy atom. The molecule has 3 heterocycles. The van der Waals surface area contributed by atoms with Gasteiger partial charge in [0.1, 0.15) is 17.4 Å². The number of carbonyl (C=O) groups excluding carboxylic acids is 2. The number of ether oxygens (including phenoxy) is 1. The van der Waals surface area contributed by atoms with Crippen LogP contribution < -0.4 is 26.4 Å². The van der Waals surface area contributed by atoms with Crippen LogP contribution in [0.4, 0.5) is 15.5 Å². The van der Waals surface area contributed by atoms with Gasteiger partial charge >= 0.3 is 6.03 Å². The Balaban J connectivity index is 1.61. The molecule has 0 atom stereocenters. The molecular weight excluding hydrogens is 426 g/mol. The Kier molecular flexibility index (Phi) is 7.16. The van der Waals surface area contributed by atoms with Crippen LogP contribution in [0.5, 0.6) is 5.75 Å². The molecule has 4 rings (SSSR count). The molecule has 172 valence electrons. The largest absolute Gasteiger partial charge is 0.491 e. The first kappa shape index (κ1) is 22.4. The first-order valence-electron chi connectivity index (χ1n) is 11.3. The minimum absolute atomic E-state index is 0.242. The number of nitrogens with two attached hydrogens (primary N) is 2. The number of nitrogens with zero attached hydrogens (tertiary/aromatic N) is 2. The standard InChI is InChI=1S/C23H31N5O3S/c24-21(29)18-15-20(32-22(18)26-23(25)30)17-7-6-16(28-10-4-5-11-28)14-19(17)31-13-12-27-8-2-1-3-9-27/h6-7,14-15H,1-5,8-13H2,(H2,24,29)(H3,25,26,30). The van der Waals surface area contributed by atoms with E-state index in [1.54, 1.807) is 6.07 Å². The zero-order chi connectivity index (χ0) is 22.5. The lowest BCUT2D eigenvalue weighted by atomic mass is 10.1. The first-order valence-corrected chi connectivity index (χ1v) is 12.1. The number of thiophene rings is 1. The van der Waals surface area contributed by atoms with Crippen molar-refractivity contribution in [1.29, 1.82) is 0 Å². The number of benzene rings is 1. The van der Waals surface area contributed by atoms with Crippen LogP contribution in [0.2, 0.25) is 0 Å². The van der Waals surface area contributed by atoms with E-state index >= 15 is 0 Å². The van der Waals surface area contributed by atoms with Gasteiger partial charge < -0.3 is 21.1 Å². The SMILES string of the molecule is NC(=O)Nc1sc(-c2ccc(N3CCCC3)cc2OCCN2CCCCC2)cc1C(N)=O. The molecule has 2 aliphatic rings. The number of urea groups is 1. The summed E-state index contributed by atoms with van der Waals surface area (Å²) in [5, 5.41) is 2.86. The number of primary amides is 2. The van der Waals surface area contributed by atoms with Gasteiger partial charge in [0.05, 0.1) is 5.56 Å². The van der Waals surface area contributed by atoms with Crippen molar-refractivity contribution in [3.05, 3.63) is 29.8 Å². The molecule has 1 aromatic heterocycles. The van der Waals surface area contributed by atoms with Gasteiger partial charge in [-0.3, -0.25) is 15.0 Å². The molecule has 0 bridgehead atoms. The van der Waals surface area contributed by atoms with E-state index in [1.807, 2.05) is 6.07 Å². The molecule has 2 aliphatic heterocycles. The van der Waals surface area contributed by atoms with Gasteiger partial charge in [0.25, 0.3) is 5.91 Å². The fourth-order valence-corrected chi connectivity index (χ4v) is 5.48. The second-order valence-electron chi connectivity index (χ2n) is 8.33. The van der Waals surface area contributed by atoms with Gasteiger partial charge in [0, 0.05) is 41.8 Å². The molecule has 0 radical (unpaired) electrons. The molecule has 32 heavy (non-hydrogen) atoms. The zero-order valence-corrected chi connectivity index (χ0v) is 19.1. The van der Waals surface area contributed by atoms with Gasteiger partial charge in [-0.2, -0.15) is 0 Å². The Morgan fingerprint density at radius 3 is 2.41 bits per heavy atom. The van der Waals surface area contributed by atoms with Crippen molar-refractivity contribution in [2.45, 2.75) is 32.1 Å². The van der Waals surface area contributed by atoms with Gasteiger partial charge in [-0.15, -0.1) is 11.3 Å². The number of nitrogens with one attached hydrogen (secondary N) is 1. The summed E-state index contributed by atoms with van der Waals surface area (Å²) in [5.41, 5.74) is 13.0. The summed E-state index contributed by atoms with van der Waals surface area (Å²) in [6.07, 6.45) is 6.19. The lowest BCUT2D eigenvalue weighted by Crippen LogP contribution is -2.33. The zero-order valence-electron chi connectivity index (χ0n) is 18.3. The van der Waals surface area contributed by atoms with Crippen molar-refractivity contribution in [1.82, 2.24) is 4.90 Å². The summed E-state index contributed by atoms with van der Waals surface area (Å²) in [4.78, 5) is 28.9. The van der Waals surface area contributed by atoms with E-state index in [9.17, 15) is 9.59 Å². The number of piperidine rings is 1. The number of likely N-dealkylation sites (tertiary alicyclic amines) is 1. The highest BCUT2D eigenvalue weighted by Crippen LogP contribution is 2.41. The first-order chi connectivity index (χ1) is 15.5. The van der Waals surface area contributed by atoms with Crippen molar-refractivity contribution in [2.75, 3.05) is 49.5 Å². The maximum atomic E-state index is 11.9. The van der Waals surface area contributed by atoms with Crippen LogP contribution >= 0.6 is 11.3 Å². The normalized spacial score (nSPS) is 16.8. The van der Waals surface area contributed by atoms with Crippen molar-refractivity contribution in [2.24, 2.45) is 11.5 Å². The van der Waals surface area contributed by atoms with Crippen molar-refractivity contribution < 1.29 is 14.3 Å². The second-order valence-corrected chi connectivity index (χ2v) is 9.38. The van der Waals surface area contributed by atoms with Crippen molar-refractivity contribution in [3.63, 3.8) is 0 Å². The molecule has 0 aliphatic carbocycles. The Bertz CT molecular complexity index is 965. The summed E-state index contributed by atoms with van der Waals surface area (Å²) in [5.74, 6) is 0.159. The Morgan fingerprint density at radius 2 is 1.72 bits per heavy atom. The smallest absolute Gasteiger partial charge is 0.317 e. The number of hydrogen-bond donors (Lipinski definition) is 3. The third-order valence-electron chi connectivity index (χ3n) is 6.05. The Hall–Kier alpha value is -2.78. The van der Waals surface area contributed by atoms with Gasteiger partial charge in [-0.1, -0.05) is 6.42 Å². The molecule has 0 spiro atoms. The number of carbonyl (C=O) groups is 2. The number of anilines is 2. The van der Waals surface area contributed by atoms with E-state index in [-0.39, 0.29) is 5.56 Å². The molecule has 2 saturated heterocycles. The molecule has 9 heteroatoms. The summed E-state index contributed by atoms with van der Waals surface area (Å²) < 4.78 is 6.30. The fraction of sp³-hybridized carbons (Fsp3) is 0.478. The van der Waals surface area contributed by atoms with Crippen LogP contribution in [-0.4, -0.2) is 56.2 Å².